The number of nitrogens with zero attached hydrogens (tertiary/aromatic N) is 1. The summed E-state index contributed by atoms with van der Waals surface area (Å²) in [4.78, 5) is 27.3. The monoisotopic (exact) mass is 378 g/mol. The van der Waals surface area contributed by atoms with Crippen molar-refractivity contribution in [3.8, 4) is 0 Å². The maximum Gasteiger partial charge on any atom is 0.229 e. The van der Waals surface area contributed by atoms with Gasteiger partial charge in [0.25, 0.3) is 0 Å². The van der Waals surface area contributed by atoms with Gasteiger partial charge in [0.2, 0.25) is 11.8 Å². The van der Waals surface area contributed by atoms with Crippen molar-refractivity contribution < 1.29 is 9.59 Å². The third-order valence-electron chi connectivity index (χ3n) is 5.43. The molecule has 0 saturated carbocycles. The molecule has 2 amide bonds. The van der Waals surface area contributed by atoms with Crippen molar-refractivity contribution in [2.75, 3.05) is 16.8 Å². The van der Waals surface area contributed by atoms with Gasteiger partial charge in [0.1, 0.15) is 0 Å². The summed E-state index contributed by atoms with van der Waals surface area (Å²) in [6.07, 6.45) is 0.251. The first-order valence-electron chi connectivity index (χ1n) is 10.1. The second-order valence-electron chi connectivity index (χ2n) is 8.35. The summed E-state index contributed by atoms with van der Waals surface area (Å²) >= 11 is 0. The number of amides is 2. The molecule has 1 unspecified atom stereocenters. The molecule has 3 rings (SSSR count). The lowest BCUT2D eigenvalue weighted by atomic mass is 9.92. The number of para-hydroxylation sites is 1. The van der Waals surface area contributed by atoms with Crippen LogP contribution >= 0.6 is 0 Å². The van der Waals surface area contributed by atoms with Crippen LogP contribution in [0.3, 0.4) is 0 Å². The Labute approximate surface area is 167 Å². The molecule has 1 atom stereocenters. The minimum atomic E-state index is -0.340. The molecule has 0 spiro atoms. The van der Waals surface area contributed by atoms with Crippen LogP contribution in [-0.4, -0.2) is 18.4 Å². The third kappa shape index (κ3) is 4.11. The highest BCUT2D eigenvalue weighted by atomic mass is 16.2. The van der Waals surface area contributed by atoms with E-state index in [-0.39, 0.29) is 24.2 Å². The van der Waals surface area contributed by atoms with Gasteiger partial charge in [-0.15, -0.1) is 0 Å². The smallest absolute Gasteiger partial charge is 0.229 e. The van der Waals surface area contributed by atoms with Crippen molar-refractivity contribution in [1.29, 1.82) is 0 Å². The molecule has 148 valence electrons. The zero-order chi connectivity index (χ0) is 20.4. The van der Waals surface area contributed by atoms with Gasteiger partial charge in [0.15, 0.2) is 0 Å². The predicted molar refractivity (Wildman–Crippen MR) is 115 cm³/mol. The average molecular weight is 379 g/mol. The molecule has 1 aliphatic rings. The molecule has 1 aliphatic heterocycles. The highest BCUT2D eigenvalue weighted by Gasteiger charge is 2.35. The zero-order valence-electron chi connectivity index (χ0n) is 17.5. The van der Waals surface area contributed by atoms with Crippen LogP contribution in [0.4, 0.5) is 11.4 Å². The van der Waals surface area contributed by atoms with E-state index >= 15 is 0 Å². The van der Waals surface area contributed by atoms with Gasteiger partial charge in [-0.3, -0.25) is 9.59 Å². The van der Waals surface area contributed by atoms with E-state index in [4.69, 9.17) is 0 Å². The number of hydrogen-bond acceptors (Lipinski definition) is 2. The van der Waals surface area contributed by atoms with Crippen LogP contribution in [0.2, 0.25) is 0 Å². The molecule has 0 aromatic heterocycles. The van der Waals surface area contributed by atoms with E-state index < -0.39 is 0 Å². The number of carbonyl (C=O) groups is 2. The summed E-state index contributed by atoms with van der Waals surface area (Å²) in [6.45, 7) is 11.0. The van der Waals surface area contributed by atoms with E-state index in [0.29, 0.717) is 18.4 Å². The first kappa shape index (κ1) is 20.1. The molecule has 0 aliphatic carbocycles. The van der Waals surface area contributed by atoms with Gasteiger partial charge in [0.05, 0.1) is 5.92 Å². The Kier molecular flexibility index (Phi) is 5.87. The molecule has 1 saturated heterocycles. The maximum absolute atomic E-state index is 13.1. The van der Waals surface area contributed by atoms with Crippen LogP contribution in [0.15, 0.2) is 42.5 Å². The standard InChI is InChI=1S/C24H30N2O2/c1-15(2)20-10-7-11-21(16(3)4)23(20)25-24(28)18-13-22(27)26(14-18)19-9-6-8-17(5)12-19/h6-12,15-16,18H,13-14H2,1-5H3,(H,25,28). The highest BCUT2D eigenvalue weighted by molar-refractivity contribution is 6.04. The second-order valence-corrected chi connectivity index (χ2v) is 8.35. The van der Waals surface area contributed by atoms with E-state index in [9.17, 15) is 9.59 Å². The first-order chi connectivity index (χ1) is 13.3. The topological polar surface area (TPSA) is 49.4 Å². The predicted octanol–water partition coefficient (Wildman–Crippen LogP) is 5.23. The van der Waals surface area contributed by atoms with Crippen molar-refractivity contribution in [3.05, 3.63) is 59.2 Å². The van der Waals surface area contributed by atoms with Gasteiger partial charge in [-0.2, -0.15) is 0 Å². The van der Waals surface area contributed by atoms with Gasteiger partial charge in [-0.1, -0.05) is 58.0 Å². The van der Waals surface area contributed by atoms with E-state index in [0.717, 1.165) is 28.1 Å². The number of carbonyl (C=O) groups excluding carboxylic acids is 2. The number of nitrogens with one attached hydrogen (secondary N) is 1. The largest absolute Gasteiger partial charge is 0.325 e. The Bertz CT molecular complexity index is 860. The van der Waals surface area contributed by atoms with E-state index in [1.165, 1.54) is 0 Å². The van der Waals surface area contributed by atoms with Gasteiger partial charge in [-0.25, -0.2) is 0 Å². The minimum Gasteiger partial charge on any atom is -0.325 e. The Morgan fingerprint density at radius 2 is 1.64 bits per heavy atom. The van der Waals surface area contributed by atoms with Crippen molar-refractivity contribution >= 4 is 23.2 Å². The van der Waals surface area contributed by atoms with Crippen LogP contribution in [0.1, 0.15) is 62.6 Å². The first-order valence-corrected chi connectivity index (χ1v) is 10.1. The lowest BCUT2D eigenvalue weighted by Crippen LogP contribution is -2.28. The molecule has 1 N–H and O–H groups in total. The van der Waals surface area contributed by atoms with Crippen molar-refractivity contribution in [2.45, 2.75) is 52.9 Å². The number of benzene rings is 2. The summed E-state index contributed by atoms with van der Waals surface area (Å²) in [5, 5.41) is 3.17. The molecule has 0 bridgehead atoms. The number of aryl methyl sites for hydroxylation is 1. The van der Waals surface area contributed by atoms with Crippen LogP contribution < -0.4 is 10.2 Å². The van der Waals surface area contributed by atoms with Crippen LogP contribution in [-0.2, 0) is 9.59 Å². The summed E-state index contributed by atoms with van der Waals surface area (Å²) < 4.78 is 0. The van der Waals surface area contributed by atoms with Gasteiger partial charge in [-0.05, 0) is 47.6 Å². The van der Waals surface area contributed by atoms with Crippen LogP contribution in [0.5, 0.6) is 0 Å². The fourth-order valence-electron chi connectivity index (χ4n) is 3.85. The fraction of sp³-hybridized carbons (Fsp3) is 0.417. The lowest BCUT2D eigenvalue weighted by molar-refractivity contribution is -0.122. The number of hydrogen-bond donors (Lipinski definition) is 1. The second kappa shape index (κ2) is 8.17. The summed E-state index contributed by atoms with van der Waals surface area (Å²) in [5.41, 5.74) is 5.16. The lowest BCUT2D eigenvalue weighted by Gasteiger charge is -2.22. The molecule has 4 heteroatoms. The third-order valence-corrected chi connectivity index (χ3v) is 5.43. The molecule has 28 heavy (non-hydrogen) atoms. The molecule has 4 nitrogen and oxygen atoms in total. The maximum atomic E-state index is 13.1. The van der Waals surface area contributed by atoms with Crippen molar-refractivity contribution in [3.63, 3.8) is 0 Å². The van der Waals surface area contributed by atoms with Gasteiger partial charge < -0.3 is 10.2 Å². The summed E-state index contributed by atoms with van der Waals surface area (Å²) in [5.74, 6) is 0.213. The number of rotatable bonds is 5. The normalized spacial score (nSPS) is 16.9. The van der Waals surface area contributed by atoms with Crippen molar-refractivity contribution in [2.24, 2.45) is 5.92 Å². The molecule has 1 heterocycles. The molecule has 2 aromatic carbocycles. The zero-order valence-corrected chi connectivity index (χ0v) is 17.5. The average Bonchev–Trinajstić information content (AvgIpc) is 3.03. The molecular weight excluding hydrogens is 348 g/mol. The number of anilines is 2. The van der Waals surface area contributed by atoms with Crippen LogP contribution in [0.25, 0.3) is 0 Å². The minimum absolute atomic E-state index is 0.00646. The Hall–Kier alpha value is -2.62. The SMILES string of the molecule is Cc1cccc(N2CC(C(=O)Nc3c(C(C)C)cccc3C(C)C)CC2=O)c1. The quantitative estimate of drug-likeness (QED) is 0.774. The van der Waals surface area contributed by atoms with E-state index in [1.54, 1.807) is 4.90 Å². The van der Waals surface area contributed by atoms with Gasteiger partial charge >= 0.3 is 0 Å². The molecular formula is C24H30N2O2. The highest BCUT2D eigenvalue weighted by Crippen LogP contribution is 2.34. The van der Waals surface area contributed by atoms with E-state index in [1.807, 2.05) is 31.2 Å². The summed E-state index contributed by atoms with van der Waals surface area (Å²) in [7, 11) is 0. The Morgan fingerprint density at radius 3 is 2.21 bits per heavy atom. The fourth-order valence-corrected chi connectivity index (χ4v) is 3.85. The molecule has 0 radical (unpaired) electrons. The van der Waals surface area contributed by atoms with Crippen LogP contribution in [0, 0.1) is 12.8 Å². The Balaban J connectivity index is 1.82. The van der Waals surface area contributed by atoms with E-state index in [2.05, 4.69) is 51.2 Å². The summed E-state index contributed by atoms with van der Waals surface area (Å²) in [6, 6.07) is 14.1. The molecule has 1 fully saturated rings. The Morgan fingerprint density at radius 1 is 1.04 bits per heavy atom. The molecule has 2 aromatic rings. The van der Waals surface area contributed by atoms with Gasteiger partial charge in [0, 0.05) is 24.3 Å². The van der Waals surface area contributed by atoms with Crippen molar-refractivity contribution in [1.82, 2.24) is 0 Å².